The van der Waals surface area contributed by atoms with Crippen LogP contribution in [-0.4, -0.2) is 19.5 Å². The highest BCUT2D eigenvalue weighted by atomic mass is 16.3. The van der Waals surface area contributed by atoms with Crippen molar-refractivity contribution in [1.29, 1.82) is 0 Å². The molecule has 1 N–H and O–H groups in total. The predicted octanol–water partition coefficient (Wildman–Crippen LogP) is 2.14. The molecule has 0 spiro atoms. The van der Waals surface area contributed by atoms with Gasteiger partial charge in [-0.1, -0.05) is 24.1 Å². The topological polar surface area (TPSA) is 50.4 Å². The Morgan fingerprint density at radius 3 is 2.74 bits per heavy atom. The van der Waals surface area contributed by atoms with Gasteiger partial charge in [-0.3, -0.25) is 4.40 Å². The molecule has 4 nitrogen and oxygen atoms in total. The first-order valence-electron chi connectivity index (χ1n) is 5.85. The molecular formula is C15H11N3O. The van der Waals surface area contributed by atoms with Gasteiger partial charge in [0.15, 0.2) is 5.65 Å². The van der Waals surface area contributed by atoms with Gasteiger partial charge in [-0.25, -0.2) is 9.97 Å². The highest BCUT2D eigenvalue weighted by Gasteiger charge is 2.06. The third kappa shape index (κ3) is 2.14. The number of rotatable bonds is 0. The number of aryl methyl sites for hydroxylation is 1. The van der Waals surface area contributed by atoms with Gasteiger partial charge in [-0.15, -0.1) is 0 Å². The number of hydrogen-bond donors (Lipinski definition) is 1. The number of hydrogen-bond acceptors (Lipinski definition) is 3. The maximum absolute atomic E-state index is 9.83. The van der Waals surface area contributed by atoms with E-state index in [1.165, 1.54) is 0 Å². The number of aromatic hydroxyl groups is 1. The minimum absolute atomic E-state index is 0.125. The first-order valence-corrected chi connectivity index (χ1v) is 5.85. The Morgan fingerprint density at radius 2 is 1.95 bits per heavy atom. The lowest BCUT2D eigenvalue weighted by atomic mass is 10.2. The van der Waals surface area contributed by atoms with Crippen molar-refractivity contribution < 1.29 is 5.11 Å². The molecule has 0 aliphatic heterocycles. The van der Waals surface area contributed by atoms with E-state index >= 15 is 0 Å². The van der Waals surface area contributed by atoms with Crippen LogP contribution < -0.4 is 0 Å². The third-order valence-corrected chi connectivity index (χ3v) is 2.76. The van der Waals surface area contributed by atoms with Crippen LogP contribution in [0.15, 0.2) is 42.7 Å². The molecule has 0 radical (unpaired) electrons. The highest BCUT2D eigenvalue weighted by molar-refractivity contribution is 5.46. The molecule has 0 saturated carbocycles. The van der Waals surface area contributed by atoms with Crippen LogP contribution >= 0.6 is 0 Å². The quantitative estimate of drug-likeness (QED) is 0.621. The van der Waals surface area contributed by atoms with Gasteiger partial charge in [-0.05, 0) is 25.0 Å². The SMILES string of the molecule is Cc1nc2cnc(C#Cc3ccccc3)cn2c1O. The van der Waals surface area contributed by atoms with E-state index in [0.29, 0.717) is 17.0 Å². The second-order valence-electron chi connectivity index (χ2n) is 4.14. The summed E-state index contributed by atoms with van der Waals surface area (Å²) in [5.41, 5.74) is 2.70. The van der Waals surface area contributed by atoms with Gasteiger partial charge in [0.05, 0.1) is 6.20 Å². The van der Waals surface area contributed by atoms with Crippen molar-refractivity contribution in [3.8, 4) is 17.7 Å². The average Bonchev–Trinajstić information content (AvgIpc) is 2.73. The van der Waals surface area contributed by atoms with E-state index in [4.69, 9.17) is 0 Å². The average molecular weight is 249 g/mol. The van der Waals surface area contributed by atoms with Crippen LogP contribution in [0.5, 0.6) is 5.88 Å². The van der Waals surface area contributed by atoms with Gasteiger partial charge >= 0.3 is 0 Å². The molecule has 0 bridgehead atoms. The predicted molar refractivity (Wildman–Crippen MR) is 71.8 cm³/mol. The second-order valence-corrected chi connectivity index (χ2v) is 4.14. The van der Waals surface area contributed by atoms with Gasteiger partial charge in [0.1, 0.15) is 11.4 Å². The molecule has 2 aromatic heterocycles. The van der Waals surface area contributed by atoms with E-state index in [1.54, 1.807) is 23.7 Å². The van der Waals surface area contributed by atoms with E-state index in [1.807, 2.05) is 30.3 Å². The maximum Gasteiger partial charge on any atom is 0.219 e. The van der Waals surface area contributed by atoms with Gasteiger partial charge in [0.25, 0.3) is 0 Å². The fourth-order valence-electron chi connectivity index (χ4n) is 1.78. The minimum atomic E-state index is 0.125. The molecule has 1 aromatic carbocycles. The van der Waals surface area contributed by atoms with Gasteiger partial charge in [-0.2, -0.15) is 0 Å². The fraction of sp³-hybridized carbons (Fsp3) is 0.0667. The van der Waals surface area contributed by atoms with E-state index < -0.39 is 0 Å². The number of benzene rings is 1. The molecule has 2 heterocycles. The van der Waals surface area contributed by atoms with Crippen LogP contribution in [0.25, 0.3) is 5.65 Å². The number of fused-ring (bicyclic) bond motifs is 1. The summed E-state index contributed by atoms with van der Waals surface area (Å²) in [5.74, 6) is 6.12. The smallest absolute Gasteiger partial charge is 0.219 e. The van der Waals surface area contributed by atoms with Gasteiger partial charge < -0.3 is 5.11 Å². The Hall–Kier alpha value is -2.80. The highest BCUT2D eigenvalue weighted by Crippen LogP contribution is 2.17. The van der Waals surface area contributed by atoms with Crippen LogP contribution in [0.2, 0.25) is 0 Å². The van der Waals surface area contributed by atoms with E-state index in [2.05, 4.69) is 21.8 Å². The summed E-state index contributed by atoms with van der Waals surface area (Å²) in [4.78, 5) is 8.38. The van der Waals surface area contributed by atoms with Crippen molar-refractivity contribution in [2.75, 3.05) is 0 Å². The van der Waals surface area contributed by atoms with Gasteiger partial charge in [0, 0.05) is 11.8 Å². The molecule has 4 heteroatoms. The summed E-state index contributed by atoms with van der Waals surface area (Å²) in [7, 11) is 0. The summed E-state index contributed by atoms with van der Waals surface area (Å²) in [6.45, 7) is 1.75. The molecule has 3 rings (SSSR count). The van der Waals surface area contributed by atoms with Crippen molar-refractivity contribution >= 4 is 5.65 Å². The fourth-order valence-corrected chi connectivity index (χ4v) is 1.78. The number of nitrogens with zero attached hydrogens (tertiary/aromatic N) is 3. The Labute approximate surface area is 110 Å². The molecule has 19 heavy (non-hydrogen) atoms. The van der Waals surface area contributed by atoms with Crippen molar-refractivity contribution in [1.82, 2.24) is 14.4 Å². The van der Waals surface area contributed by atoms with Crippen LogP contribution in [0.3, 0.4) is 0 Å². The van der Waals surface area contributed by atoms with Crippen LogP contribution in [0.4, 0.5) is 0 Å². The zero-order valence-electron chi connectivity index (χ0n) is 10.3. The molecule has 3 aromatic rings. The lowest BCUT2D eigenvalue weighted by Crippen LogP contribution is -1.90. The van der Waals surface area contributed by atoms with Crippen molar-refractivity contribution in [3.05, 3.63) is 59.7 Å². The lowest BCUT2D eigenvalue weighted by Gasteiger charge is -1.95. The third-order valence-electron chi connectivity index (χ3n) is 2.76. The van der Waals surface area contributed by atoms with Crippen molar-refractivity contribution in [2.45, 2.75) is 6.92 Å². The van der Waals surface area contributed by atoms with Crippen molar-refractivity contribution in [2.24, 2.45) is 0 Å². The van der Waals surface area contributed by atoms with E-state index in [9.17, 15) is 5.11 Å². The summed E-state index contributed by atoms with van der Waals surface area (Å²) in [6, 6.07) is 9.69. The van der Waals surface area contributed by atoms with E-state index in [-0.39, 0.29) is 5.88 Å². The summed E-state index contributed by atoms with van der Waals surface area (Å²) < 4.78 is 1.58. The summed E-state index contributed by atoms with van der Waals surface area (Å²) >= 11 is 0. The lowest BCUT2D eigenvalue weighted by molar-refractivity contribution is 0.444. The Morgan fingerprint density at radius 1 is 1.16 bits per heavy atom. The molecule has 0 fully saturated rings. The molecule has 0 aliphatic rings. The maximum atomic E-state index is 9.83. The summed E-state index contributed by atoms with van der Waals surface area (Å²) in [6.07, 6.45) is 3.28. The summed E-state index contributed by atoms with van der Waals surface area (Å²) in [5, 5.41) is 9.83. The molecule has 92 valence electrons. The van der Waals surface area contributed by atoms with Crippen LogP contribution in [0.1, 0.15) is 17.0 Å². The number of imidazole rings is 1. The van der Waals surface area contributed by atoms with Crippen LogP contribution in [-0.2, 0) is 0 Å². The normalized spacial score (nSPS) is 10.2. The van der Waals surface area contributed by atoms with E-state index in [0.717, 1.165) is 5.56 Å². The first kappa shape index (κ1) is 11.3. The zero-order valence-corrected chi connectivity index (χ0v) is 10.3. The molecule has 0 atom stereocenters. The minimum Gasteiger partial charge on any atom is -0.493 e. The Bertz CT molecular complexity index is 795. The standard InChI is InChI=1S/C15H11N3O/c1-11-15(19)18-10-13(16-9-14(18)17-11)8-7-12-5-3-2-4-6-12/h2-6,9-10,19H,1H3. The molecular weight excluding hydrogens is 238 g/mol. The molecule has 0 unspecified atom stereocenters. The molecule has 0 aliphatic carbocycles. The van der Waals surface area contributed by atoms with Gasteiger partial charge in [0.2, 0.25) is 5.88 Å². The Kier molecular flexibility index (Phi) is 2.66. The zero-order chi connectivity index (χ0) is 13.2. The monoisotopic (exact) mass is 249 g/mol. The second kappa shape index (κ2) is 4.46. The molecule has 0 saturated heterocycles. The number of aromatic nitrogens is 3. The van der Waals surface area contributed by atoms with Crippen LogP contribution in [0, 0.1) is 18.8 Å². The first-order chi connectivity index (χ1) is 9.24. The van der Waals surface area contributed by atoms with Crippen molar-refractivity contribution in [3.63, 3.8) is 0 Å². The largest absolute Gasteiger partial charge is 0.493 e. The Balaban J connectivity index is 2.03. The molecule has 0 amide bonds.